The molecular weight excluding hydrogens is 373 g/mol. The number of nitrogens with one attached hydrogen (secondary N) is 1. The molecule has 0 aliphatic heterocycles. The number of ether oxygens (including phenoxy) is 1. The van der Waals surface area contributed by atoms with E-state index in [-0.39, 0.29) is 12.0 Å². The van der Waals surface area contributed by atoms with Crippen LogP contribution >= 0.6 is 23.2 Å². The van der Waals surface area contributed by atoms with Gasteiger partial charge in [0.25, 0.3) is 5.91 Å². The van der Waals surface area contributed by atoms with Crippen molar-refractivity contribution in [1.82, 2.24) is 5.32 Å². The van der Waals surface area contributed by atoms with Gasteiger partial charge in [0.2, 0.25) is 0 Å². The summed E-state index contributed by atoms with van der Waals surface area (Å²) in [5.74, 6) is 0.709. The van der Waals surface area contributed by atoms with Crippen molar-refractivity contribution in [3.63, 3.8) is 0 Å². The van der Waals surface area contributed by atoms with Gasteiger partial charge in [0.15, 0.2) is 5.76 Å². The SMILES string of the molecule is Cc1cc2oc(C(=O)NC[C@@H](C)Oc3ccc(Cl)cc3)c(C)c2cc1Cl. The third-order valence-corrected chi connectivity index (χ3v) is 4.78. The summed E-state index contributed by atoms with van der Waals surface area (Å²) in [5.41, 5.74) is 2.33. The Morgan fingerprint density at radius 2 is 1.88 bits per heavy atom. The van der Waals surface area contributed by atoms with Crippen LogP contribution in [0.25, 0.3) is 11.0 Å². The smallest absolute Gasteiger partial charge is 0.287 e. The lowest BCUT2D eigenvalue weighted by Gasteiger charge is -2.15. The predicted octanol–water partition coefficient (Wildman–Crippen LogP) is 5.55. The van der Waals surface area contributed by atoms with E-state index in [0.29, 0.717) is 33.7 Å². The topological polar surface area (TPSA) is 51.5 Å². The lowest BCUT2D eigenvalue weighted by molar-refractivity contribution is 0.0906. The minimum Gasteiger partial charge on any atom is -0.489 e. The van der Waals surface area contributed by atoms with Gasteiger partial charge in [-0.1, -0.05) is 23.2 Å². The molecule has 0 aliphatic rings. The molecule has 1 amide bonds. The summed E-state index contributed by atoms with van der Waals surface area (Å²) < 4.78 is 11.5. The molecule has 3 aromatic rings. The average Bonchev–Trinajstić information content (AvgIpc) is 2.91. The van der Waals surface area contributed by atoms with Crippen LogP contribution in [0.5, 0.6) is 5.75 Å². The van der Waals surface area contributed by atoms with E-state index < -0.39 is 0 Å². The highest BCUT2D eigenvalue weighted by Gasteiger charge is 2.19. The van der Waals surface area contributed by atoms with Crippen molar-refractivity contribution in [3.8, 4) is 5.75 Å². The van der Waals surface area contributed by atoms with Gasteiger partial charge in [-0.25, -0.2) is 0 Å². The number of hydrogen-bond donors (Lipinski definition) is 1. The van der Waals surface area contributed by atoms with E-state index in [9.17, 15) is 4.79 Å². The second kappa shape index (κ2) is 7.60. The summed E-state index contributed by atoms with van der Waals surface area (Å²) in [6, 6.07) is 10.8. The first kappa shape index (κ1) is 18.6. The Kier molecular flexibility index (Phi) is 5.44. The van der Waals surface area contributed by atoms with Crippen LogP contribution in [0.2, 0.25) is 10.0 Å². The minimum atomic E-state index is -0.279. The van der Waals surface area contributed by atoms with Gasteiger partial charge < -0.3 is 14.5 Å². The lowest BCUT2D eigenvalue weighted by atomic mass is 10.1. The molecule has 0 unspecified atom stereocenters. The average molecular weight is 392 g/mol. The van der Waals surface area contributed by atoms with Crippen molar-refractivity contribution < 1.29 is 13.9 Å². The maximum absolute atomic E-state index is 12.5. The monoisotopic (exact) mass is 391 g/mol. The van der Waals surface area contributed by atoms with Crippen molar-refractivity contribution >= 4 is 40.1 Å². The number of fused-ring (bicyclic) bond motifs is 1. The first-order valence-electron chi connectivity index (χ1n) is 8.25. The van der Waals surface area contributed by atoms with Crippen molar-refractivity contribution in [2.24, 2.45) is 0 Å². The van der Waals surface area contributed by atoms with Crippen molar-refractivity contribution in [2.45, 2.75) is 26.9 Å². The van der Waals surface area contributed by atoms with Crippen molar-refractivity contribution in [1.29, 1.82) is 0 Å². The summed E-state index contributed by atoms with van der Waals surface area (Å²) in [6.45, 7) is 5.97. The Balaban J connectivity index is 1.67. The molecule has 1 heterocycles. The number of halogens is 2. The molecule has 0 saturated heterocycles. The fourth-order valence-corrected chi connectivity index (χ4v) is 2.95. The van der Waals surface area contributed by atoms with Crippen molar-refractivity contribution in [2.75, 3.05) is 6.54 Å². The Hall–Kier alpha value is -2.17. The van der Waals surface area contributed by atoms with E-state index in [1.807, 2.05) is 32.9 Å². The van der Waals surface area contributed by atoms with E-state index in [0.717, 1.165) is 16.5 Å². The molecule has 0 radical (unpaired) electrons. The van der Waals surface area contributed by atoms with E-state index >= 15 is 0 Å². The van der Waals surface area contributed by atoms with Crippen LogP contribution in [0, 0.1) is 13.8 Å². The first-order valence-corrected chi connectivity index (χ1v) is 9.00. The highest BCUT2D eigenvalue weighted by Crippen LogP contribution is 2.30. The zero-order valence-corrected chi connectivity index (χ0v) is 16.2. The molecule has 1 aromatic heterocycles. The highest BCUT2D eigenvalue weighted by atomic mass is 35.5. The number of aryl methyl sites for hydroxylation is 2. The predicted molar refractivity (Wildman–Crippen MR) is 105 cm³/mol. The number of furan rings is 1. The van der Waals surface area contributed by atoms with Gasteiger partial charge in [-0.3, -0.25) is 4.79 Å². The molecular formula is C20H19Cl2NO3. The summed E-state index contributed by atoms with van der Waals surface area (Å²) in [6.07, 6.45) is -0.207. The second-order valence-corrected chi connectivity index (χ2v) is 7.09. The fourth-order valence-electron chi connectivity index (χ4n) is 2.66. The second-order valence-electron chi connectivity index (χ2n) is 6.25. The van der Waals surface area contributed by atoms with Gasteiger partial charge in [-0.2, -0.15) is 0 Å². The van der Waals surface area contributed by atoms with Crippen LogP contribution in [0.1, 0.15) is 28.6 Å². The molecule has 3 rings (SSSR count). The highest BCUT2D eigenvalue weighted by molar-refractivity contribution is 6.32. The standard InChI is InChI=1S/C20H19Cl2NO3/c1-11-8-18-16(9-17(11)22)13(3)19(26-18)20(24)23-10-12(2)25-15-6-4-14(21)5-7-15/h4-9,12H,10H2,1-3H3,(H,23,24)/t12-/m1/s1. The van der Waals surface area contributed by atoms with Gasteiger partial charge in [-0.05, 0) is 62.7 Å². The largest absolute Gasteiger partial charge is 0.489 e. The molecule has 2 aromatic carbocycles. The third-order valence-electron chi connectivity index (χ3n) is 4.12. The van der Waals surface area contributed by atoms with Crippen LogP contribution in [-0.4, -0.2) is 18.6 Å². The molecule has 0 spiro atoms. The van der Waals surface area contributed by atoms with Gasteiger partial charge >= 0.3 is 0 Å². The van der Waals surface area contributed by atoms with E-state index in [1.54, 1.807) is 24.3 Å². The van der Waals surface area contributed by atoms with E-state index in [1.165, 1.54) is 0 Å². The number of hydrogen-bond acceptors (Lipinski definition) is 3. The molecule has 0 aliphatic carbocycles. The molecule has 26 heavy (non-hydrogen) atoms. The van der Waals surface area contributed by atoms with Crippen molar-refractivity contribution in [3.05, 3.63) is 63.3 Å². The van der Waals surface area contributed by atoms with E-state index in [4.69, 9.17) is 32.4 Å². The molecule has 136 valence electrons. The van der Waals surface area contributed by atoms with Gasteiger partial charge in [-0.15, -0.1) is 0 Å². The Bertz CT molecular complexity index is 948. The van der Waals surface area contributed by atoms with Crippen LogP contribution < -0.4 is 10.1 Å². The zero-order valence-electron chi connectivity index (χ0n) is 14.7. The zero-order chi connectivity index (χ0) is 18.8. The molecule has 0 bridgehead atoms. The molecule has 1 atom stereocenters. The quantitative estimate of drug-likeness (QED) is 0.619. The van der Waals surface area contributed by atoms with Crippen LogP contribution in [0.4, 0.5) is 0 Å². The summed E-state index contributed by atoms with van der Waals surface area (Å²) in [5, 5.41) is 4.99. The van der Waals surface area contributed by atoms with Crippen LogP contribution in [0.3, 0.4) is 0 Å². The number of carbonyl (C=O) groups is 1. The molecule has 0 saturated carbocycles. The molecule has 4 nitrogen and oxygen atoms in total. The number of carbonyl (C=O) groups excluding carboxylic acids is 1. The molecule has 1 N–H and O–H groups in total. The van der Waals surface area contributed by atoms with Crippen LogP contribution in [-0.2, 0) is 0 Å². The maximum atomic E-state index is 12.5. The summed E-state index contributed by atoms with van der Waals surface area (Å²) in [7, 11) is 0. The number of benzene rings is 2. The lowest BCUT2D eigenvalue weighted by Crippen LogP contribution is -2.33. The Labute approximate surface area is 162 Å². The molecule has 6 heteroatoms. The minimum absolute atomic E-state index is 0.207. The fraction of sp³-hybridized carbons (Fsp3) is 0.250. The van der Waals surface area contributed by atoms with Crippen LogP contribution in [0.15, 0.2) is 40.8 Å². The summed E-state index contributed by atoms with van der Waals surface area (Å²) >= 11 is 12.0. The normalized spacial score (nSPS) is 12.2. The Morgan fingerprint density at radius 3 is 2.58 bits per heavy atom. The number of amides is 1. The maximum Gasteiger partial charge on any atom is 0.287 e. The van der Waals surface area contributed by atoms with E-state index in [2.05, 4.69) is 5.32 Å². The third kappa shape index (κ3) is 3.97. The Morgan fingerprint density at radius 1 is 1.19 bits per heavy atom. The van der Waals surface area contributed by atoms with Gasteiger partial charge in [0.1, 0.15) is 17.4 Å². The van der Waals surface area contributed by atoms with Gasteiger partial charge in [0, 0.05) is 21.0 Å². The summed E-state index contributed by atoms with van der Waals surface area (Å²) in [4.78, 5) is 12.5. The molecule has 0 fully saturated rings. The first-order chi connectivity index (χ1) is 12.3. The van der Waals surface area contributed by atoms with Gasteiger partial charge in [0.05, 0.1) is 6.54 Å². The number of rotatable bonds is 5.